The van der Waals surface area contributed by atoms with Crippen LogP contribution in [0.25, 0.3) is 10.9 Å². The molecule has 1 aromatic heterocycles. The number of benzene rings is 2. The molecule has 0 saturated carbocycles. The average Bonchev–Trinajstić information content (AvgIpc) is 3.40. The fourth-order valence-electron chi connectivity index (χ4n) is 5.27. The monoisotopic (exact) mass is 460 g/mol. The number of nitrogens with zero attached hydrogens (tertiary/aromatic N) is 2. The molecule has 1 unspecified atom stereocenters. The topological polar surface area (TPSA) is 77.7 Å². The Bertz CT molecular complexity index is 1150. The number of aromatic nitrogens is 1. The predicted molar refractivity (Wildman–Crippen MR) is 132 cm³/mol. The highest BCUT2D eigenvalue weighted by molar-refractivity contribution is 6.04. The van der Waals surface area contributed by atoms with Gasteiger partial charge in [0.25, 0.3) is 5.91 Å². The van der Waals surface area contributed by atoms with Crippen LogP contribution in [-0.4, -0.2) is 66.1 Å². The van der Waals surface area contributed by atoms with Gasteiger partial charge >= 0.3 is 6.03 Å². The molecule has 7 nitrogen and oxygen atoms in total. The molecular formula is C27H32N4O3. The number of rotatable bonds is 8. The number of amides is 3. The summed E-state index contributed by atoms with van der Waals surface area (Å²) < 4.78 is 5.33. The molecule has 3 heterocycles. The van der Waals surface area contributed by atoms with E-state index in [9.17, 15) is 9.59 Å². The summed E-state index contributed by atoms with van der Waals surface area (Å²) in [5.41, 5.74) is 3.41. The number of urea groups is 1. The predicted octanol–water partition coefficient (Wildman–Crippen LogP) is 3.91. The van der Waals surface area contributed by atoms with Gasteiger partial charge in [-0.2, -0.15) is 0 Å². The zero-order valence-electron chi connectivity index (χ0n) is 19.6. The Morgan fingerprint density at radius 1 is 1.03 bits per heavy atom. The summed E-state index contributed by atoms with van der Waals surface area (Å²) in [4.78, 5) is 32.6. The zero-order valence-corrected chi connectivity index (χ0v) is 19.6. The lowest BCUT2D eigenvalue weighted by Crippen LogP contribution is -2.37. The second-order valence-electron chi connectivity index (χ2n) is 9.30. The van der Waals surface area contributed by atoms with Crippen LogP contribution in [0.15, 0.2) is 54.7 Å². The van der Waals surface area contributed by atoms with Crippen molar-refractivity contribution in [3.05, 3.63) is 65.9 Å². The van der Waals surface area contributed by atoms with E-state index in [1.807, 2.05) is 24.4 Å². The quantitative estimate of drug-likeness (QED) is 0.500. The number of imide groups is 1. The van der Waals surface area contributed by atoms with Crippen LogP contribution in [-0.2, 0) is 11.2 Å². The molecule has 2 N–H and O–H groups in total. The summed E-state index contributed by atoms with van der Waals surface area (Å²) in [5.74, 6) is 1.27. The first-order valence-corrected chi connectivity index (χ1v) is 12.2. The van der Waals surface area contributed by atoms with Gasteiger partial charge in [0.1, 0.15) is 11.8 Å². The van der Waals surface area contributed by atoms with Gasteiger partial charge in [-0.1, -0.05) is 30.3 Å². The highest BCUT2D eigenvalue weighted by atomic mass is 16.5. The van der Waals surface area contributed by atoms with Crippen molar-refractivity contribution >= 4 is 22.8 Å². The Morgan fingerprint density at radius 2 is 1.82 bits per heavy atom. The molecule has 2 aliphatic heterocycles. The van der Waals surface area contributed by atoms with Gasteiger partial charge in [-0.25, -0.2) is 4.79 Å². The van der Waals surface area contributed by atoms with E-state index in [1.54, 1.807) is 7.11 Å². The highest BCUT2D eigenvalue weighted by Gasteiger charge is 2.38. The van der Waals surface area contributed by atoms with Crippen LogP contribution < -0.4 is 10.1 Å². The molecule has 3 amide bonds. The van der Waals surface area contributed by atoms with E-state index in [-0.39, 0.29) is 11.9 Å². The van der Waals surface area contributed by atoms with E-state index in [1.165, 1.54) is 10.5 Å². The molecule has 178 valence electrons. The molecule has 2 fully saturated rings. The number of fused-ring (bicyclic) bond motifs is 1. The van der Waals surface area contributed by atoms with Crippen LogP contribution >= 0.6 is 0 Å². The van der Waals surface area contributed by atoms with Crippen molar-refractivity contribution in [2.24, 2.45) is 0 Å². The molecule has 2 aliphatic rings. The second kappa shape index (κ2) is 9.89. The van der Waals surface area contributed by atoms with E-state index in [0.717, 1.165) is 61.1 Å². The van der Waals surface area contributed by atoms with Crippen molar-refractivity contribution in [1.82, 2.24) is 20.1 Å². The number of aromatic amines is 1. The number of H-pyrrole nitrogens is 1. The largest absolute Gasteiger partial charge is 0.497 e. The third-order valence-corrected chi connectivity index (χ3v) is 7.22. The minimum Gasteiger partial charge on any atom is -0.497 e. The number of hydrogen-bond acceptors (Lipinski definition) is 4. The first kappa shape index (κ1) is 22.5. The molecule has 0 aliphatic carbocycles. The SMILES string of the molecule is COc1ccc2[nH]cc(CC3NC(=O)N(CCCN4CCC(c5ccccc5)CC4)C3=O)c2c1. The van der Waals surface area contributed by atoms with Gasteiger partial charge in [0.2, 0.25) is 0 Å². The summed E-state index contributed by atoms with van der Waals surface area (Å²) in [6, 6.07) is 15.7. The van der Waals surface area contributed by atoms with Crippen LogP contribution in [0, 0.1) is 0 Å². The van der Waals surface area contributed by atoms with Crippen LogP contribution in [0.2, 0.25) is 0 Å². The zero-order chi connectivity index (χ0) is 23.5. The maximum Gasteiger partial charge on any atom is 0.324 e. The van der Waals surface area contributed by atoms with Gasteiger partial charge < -0.3 is 19.9 Å². The van der Waals surface area contributed by atoms with Crippen molar-refractivity contribution in [3.63, 3.8) is 0 Å². The molecule has 0 bridgehead atoms. The molecule has 34 heavy (non-hydrogen) atoms. The van der Waals surface area contributed by atoms with Crippen molar-refractivity contribution in [2.75, 3.05) is 33.3 Å². The standard InChI is InChI=1S/C27H32N4O3/c1-34-22-8-9-24-23(17-22)21(18-28-24)16-25-26(32)31(27(33)29-25)13-5-12-30-14-10-20(11-15-30)19-6-3-2-4-7-19/h2-4,6-9,17-18,20,25,28H,5,10-16H2,1H3,(H,29,33). The van der Waals surface area contributed by atoms with Gasteiger partial charge in [-0.05, 0) is 74.1 Å². The summed E-state index contributed by atoms with van der Waals surface area (Å²) in [5, 5.41) is 3.89. The highest BCUT2D eigenvalue weighted by Crippen LogP contribution is 2.28. The lowest BCUT2D eigenvalue weighted by atomic mass is 9.89. The molecule has 2 saturated heterocycles. The second-order valence-corrected chi connectivity index (χ2v) is 9.30. The molecular weight excluding hydrogens is 428 g/mol. The van der Waals surface area contributed by atoms with E-state index in [0.29, 0.717) is 18.9 Å². The van der Waals surface area contributed by atoms with E-state index < -0.39 is 6.04 Å². The normalized spacial score (nSPS) is 19.7. The van der Waals surface area contributed by atoms with Gasteiger partial charge in [0.15, 0.2) is 0 Å². The van der Waals surface area contributed by atoms with Gasteiger partial charge in [0, 0.05) is 30.1 Å². The fraction of sp³-hybridized carbons (Fsp3) is 0.407. The lowest BCUT2D eigenvalue weighted by Gasteiger charge is -2.32. The number of nitrogens with one attached hydrogen (secondary N) is 2. The molecule has 3 aromatic rings. The van der Waals surface area contributed by atoms with Crippen LogP contribution in [0.4, 0.5) is 4.79 Å². The number of hydrogen-bond donors (Lipinski definition) is 2. The van der Waals surface area contributed by atoms with Crippen LogP contribution in [0.1, 0.15) is 36.3 Å². The number of carbonyl (C=O) groups is 2. The number of likely N-dealkylation sites (tertiary alicyclic amines) is 1. The van der Waals surface area contributed by atoms with Gasteiger partial charge in [-0.3, -0.25) is 9.69 Å². The fourth-order valence-corrected chi connectivity index (χ4v) is 5.27. The maximum atomic E-state index is 13.0. The number of ether oxygens (including phenoxy) is 1. The van der Waals surface area contributed by atoms with E-state index in [2.05, 4.69) is 45.5 Å². The molecule has 0 spiro atoms. The van der Waals surface area contributed by atoms with Crippen LogP contribution in [0.3, 0.4) is 0 Å². The molecule has 5 rings (SSSR count). The summed E-state index contributed by atoms with van der Waals surface area (Å²) in [6.07, 6.45) is 5.48. The number of piperidine rings is 1. The van der Waals surface area contributed by atoms with Crippen molar-refractivity contribution in [3.8, 4) is 5.75 Å². The van der Waals surface area contributed by atoms with Crippen molar-refractivity contribution in [2.45, 2.75) is 37.6 Å². The minimum atomic E-state index is -0.528. The summed E-state index contributed by atoms with van der Waals surface area (Å²) in [6.45, 7) is 3.49. The van der Waals surface area contributed by atoms with Crippen molar-refractivity contribution in [1.29, 1.82) is 0 Å². The summed E-state index contributed by atoms with van der Waals surface area (Å²) in [7, 11) is 1.64. The molecule has 2 aromatic carbocycles. The Balaban J connectivity index is 1.12. The third-order valence-electron chi connectivity index (χ3n) is 7.22. The maximum absolute atomic E-state index is 13.0. The number of carbonyl (C=O) groups excluding carboxylic acids is 2. The van der Waals surface area contributed by atoms with Gasteiger partial charge in [0.05, 0.1) is 7.11 Å². The Labute approximate surface area is 200 Å². The Morgan fingerprint density at radius 3 is 2.59 bits per heavy atom. The Kier molecular flexibility index (Phi) is 6.54. The average molecular weight is 461 g/mol. The lowest BCUT2D eigenvalue weighted by molar-refractivity contribution is -0.127. The van der Waals surface area contributed by atoms with E-state index in [4.69, 9.17) is 4.74 Å². The Hall–Kier alpha value is -3.32. The molecule has 1 atom stereocenters. The number of methoxy groups -OCH3 is 1. The minimum absolute atomic E-state index is 0.134. The first-order chi connectivity index (χ1) is 16.6. The van der Waals surface area contributed by atoms with Crippen LogP contribution in [0.5, 0.6) is 5.75 Å². The first-order valence-electron chi connectivity index (χ1n) is 12.2. The molecule has 0 radical (unpaired) electrons. The smallest absolute Gasteiger partial charge is 0.324 e. The van der Waals surface area contributed by atoms with Crippen molar-refractivity contribution < 1.29 is 14.3 Å². The van der Waals surface area contributed by atoms with Gasteiger partial charge in [-0.15, -0.1) is 0 Å². The molecule has 7 heteroatoms. The summed E-state index contributed by atoms with van der Waals surface area (Å²) >= 11 is 0. The van der Waals surface area contributed by atoms with E-state index >= 15 is 0 Å². The third kappa shape index (κ3) is 4.66.